The van der Waals surface area contributed by atoms with E-state index in [1.807, 2.05) is 7.05 Å². The molecule has 1 fully saturated rings. The summed E-state index contributed by atoms with van der Waals surface area (Å²) in [4.78, 5) is 19.3. The molecule has 0 N–H and O–H groups in total. The predicted octanol–water partition coefficient (Wildman–Crippen LogP) is 3.30. The van der Waals surface area contributed by atoms with Gasteiger partial charge in [0.1, 0.15) is 5.82 Å². The van der Waals surface area contributed by atoms with Crippen LogP contribution in [0.2, 0.25) is 0 Å². The third-order valence-corrected chi connectivity index (χ3v) is 5.06. The molecule has 0 saturated carbocycles. The molecule has 1 amide bonds. The van der Waals surface area contributed by atoms with Crippen molar-refractivity contribution in [3.05, 3.63) is 53.9 Å². The van der Waals surface area contributed by atoms with Gasteiger partial charge in [0.05, 0.1) is 24.2 Å². The molecule has 0 bridgehead atoms. The monoisotopic (exact) mass is 383 g/mol. The Morgan fingerprint density at radius 1 is 1.29 bits per heavy atom. The molecule has 3 heterocycles. The molecule has 1 aliphatic rings. The van der Waals surface area contributed by atoms with Crippen molar-refractivity contribution in [2.45, 2.75) is 38.1 Å². The quantitative estimate of drug-likeness (QED) is 0.691. The van der Waals surface area contributed by atoms with E-state index in [4.69, 9.17) is 4.52 Å². The molecule has 0 radical (unpaired) electrons. The number of hydrogen-bond acceptors (Lipinski definition) is 5. The van der Waals surface area contributed by atoms with Crippen LogP contribution in [0, 0.1) is 5.82 Å². The van der Waals surface area contributed by atoms with Gasteiger partial charge in [-0.2, -0.15) is 10.1 Å². The van der Waals surface area contributed by atoms with Gasteiger partial charge in [-0.25, -0.2) is 4.39 Å². The maximum atomic E-state index is 14.0. The van der Waals surface area contributed by atoms with Gasteiger partial charge in [0.2, 0.25) is 5.91 Å². The van der Waals surface area contributed by atoms with Crippen molar-refractivity contribution in [1.82, 2.24) is 24.8 Å². The van der Waals surface area contributed by atoms with Crippen LogP contribution < -0.4 is 0 Å². The molecule has 0 aliphatic carbocycles. The first-order valence-corrected chi connectivity index (χ1v) is 9.47. The first-order chi connectivity index (χ1) is 13.6. The first-order valence-electron chi connectivity index (χ1n) is 9.47. The van der Waals surface area contributed by atoms with Crippen molar-refractivity contribution in [1.29, 1.82) is 0 Å². The number of carbonyl (C=O) groups excluding carboxylic acids is 1. The van der Waals surface area contributed by atoms with E-state index in [0.29, 0.717) is 23.8 Å². The highest BCUT2D eigenvalue weighted by Crippen LogP contribution is 2.30. The van der Waals surface area contributed by atoms with Gasteiger partial charge in [-0.3, -0.25) is 9.48 Å². The molecule has 1 aliphatic heterocycles. The fourth-order valence-electron chi connectivity index (χ4n) is 3.60. The van der Waals surface area contributed by atoms with Gasteiger partial charge in [0.15, 0.2) is 5.82 Å². The standard InChI is InChI=1S/C20H22FN5O2/c1-25-13-15(12-22-25)20-23-19(24-28-20)17-9-3-2-6-10-26(17)18(27)11-14-7-4-5-8-16(14)21/h4-5,7-8,12-13,17H,2-3,6,9-11H2,1H3. The third-order valence-electron chi connectivity index (χ3n) is 5.06. The molecule has 2 aromatic heterocycles. The summed E-state index contributed by atoms with van der Waals surface area (Å²) >= 11 is 0. The van der Waals surface area contributed by atoms with Crippen molar-refractivity contribution in [3.8, 4) is 11.5 Å². The maximum absolute atomic E-state index is 14.0. The fraction of sp³-hybridized carbons (Fsp3) is 0.400. The Kier molecular flexibility index (Phi) is 5.18. The first kappa shape index (κ1) is 18.3. The lowest BCUT2D eigenvalue weighted by Crippen LogP contribution is -2.36. The van der Waals surface area contributed by atoms with Crippen molar-refractivity contribution in [2.75, 3.05) is 6.54 Å². The molecule has 1 saturated heterocycles. The Bertz CT molecular complexity index is 967. The number of likely N-dealkylation sites (tertiary alicyclic amines) is 1. The molecule has 28 heavy (non-hydrogen) atoms. The predicted molar refractivity (Wildman–Crippen MR) is 99.5 cm³/mol. The van der Waals surface area contributed by atoms with E-state index < -0.39 is 0 Å². The van der Waals surface area contributed by atoms with Crippen molar-refractivity contribution in [2.24, 2.45) is 7.05 Å². The maximum Gasteiger partial charge on any atom is 0.261 e. The number of carbonyl (C=O) groups is 1. The molecule has 0 spiro atoms. The minimum Gasteiger partial charge on any atom is -0.334 e. The summed E-state index contributed by atoms with van der Waals surface area (Å²) in [5.74, 6) is 0.391. The van der Waals surface area contributed by atoms with Gasteiger partial charge in [-0.05, 0) is 24.5 Å². The van der Waals surface area contributed by atoms with E-state index in [-0.39, 0.29) is 24.2 Å². The van der Waals surface area contributed by atoms with Gasteiger partial charge in [0, 0.05) is 19.8 Å². The lowest BCUT2D eigenvalue weighted by atomic mass is 10.1. The zero-order valence-corrected chi connectivity index (χ0v) is 15.7. The molecule has 1 atom stereocenters. The summed E-state index contributed by atoms with van der Waals surface area (Å²) in [6.07, 6.45) is 7.16. The largest absolute Gasteiger partial charge is 0.334 e. The average Bonchev–Trinajstić information content (AvgIpc) is 3.26. The number of rotatable bonds is 4. The smallest absolute Gasteiger partial charge is 0.261 e. The zero-order chi connectivity index (χ0) is 19.5. The summed E-state index contributed by atoms with van der Waals surface area (Å²) in [5.41, 5.74) is 1.14. The van der Waals surface area contributed by atoms with Crippen LogP contribution in [-0.4, -0.2) is 37.3 Å². The lowest BCUT2D eigenvalue weighted by Gasteiger charge is -2.28. The van der Waals surface area contributed by atoms with Crippen LogP contribution in [0.15, 0.2) is 41.2 Å². The number of hydrogen-bond donors (Lipinski definition) is 0. The topological polar surface area (TPSA) is 77.0 Å². The molecule has 146 valence electrons. The second-order valence-electron chi connectivity index (χ2n) is 7.08. The highest BCUT2D eigenvalue weighted by atomic mass is 19.1. The highest BCUT2D eigenvalue weighted by Gasteiger charge is 2.31. The van der Waals surface area contributed by atoms with E-state index in [0.717, 1.165) is 31.2 Å². The van der Waals surface area contributed by atoms with Gasteiger partial charge < -0.3 is 9.42 Å². The van der Waals surface area contributed by atoms with Gasteiger partial charge in [-0.15, -0.1) is 0 Å². The van der Waals surface area contributed by atoms with Crippen molar-refractivity contribution < 1.29 is 13.7 Å². The highest BCUT2D eigenvalue weighted by molar-refractivity contribution is 5.79. The van der Waals surface area contributed by atoms with Crippen LogP contribution in [0.3, 0.4) is 0 Å². The number of aromatic nitrogens is 4. The molecule has 1 aromatic carbocycles. The Morgan fingerprint density at radius 3 is 2.93 bits per heavy atom. The molecule has 4 rings (SSSR count). The fourth-order valence-corrected chi connectivity index (χ4v) is 3.60. The second-order valence-corrected chi connectivity index (χ2v) is 7.08. The van der Waals surface area contributed by atoms with E-state index in [1.54, 1.807) is 40.2 Å². The molecule has 8 heteroatoms. The Labute approximate surface area is 162 Å². The molecule has 7 nitrogen and oxygen atoms in total. The normalized spacial score (nSPS) is 17.5. The SMILES string of the molecule is Cn1cc(-c2nc(C3CCCCCN3C(=O)Cc3ccccc3F)no2)cn1. The minimum atomic E-state index is -0.361. The Balaban J connectivity index is 1.58. The van der Waals surface area contributed by atoms with Crippen LogP contribution in [0.4, 0.5) is 4.39 Å². The number of aryl methyl sites for hydroxylation is 1. The van der Waals surface area contributed by atoms with Gasteiger partial charge in [-0.1, -0.05) is 36.2 Å². The van der Waals surface area contributed by atoms with Crippen molar-refractivity contribution in [3.63, 3.8) is 0 Å². The summed E-state index contributed by atoms with van der Waals surface area (Å²) in [5, 5.41) is 8.25. The number of benzene rings is 1. The molecule has 3 aromatic rings. The van der Waals surface area contributed by atoms with E-state index in [2.05, 4.69) is 15.2 Å². The summed E-state index contributed by atoms with van der Waals surface area (Å²) in [7, 11) is 1.81. The van der Waals surface area contributed by atoms with Crippen LogP contribution in [0.1, 0.15) is 43.1 Å². The van der Waals surface area contributed by atoms with Crippen molar-refractivity contribution >= 4 is 5.91 Å². The second kappa shape index (κ2) is 7.92. The van der Waals surface area contributed by atoms with Gasteiger partial charge in [0.25, 0.3) is 5.89 Å². The van der Waals surface area contributed by atoms with Crippen LogP contribution in [0.5, 0.6) is 0 Å². The Hall–Kier alpha value is -3.03. The van der Waals surface area contributed by atoms with E-state index in [1.165, 1.54) is 6.07 Å². The zero-order valence-electron chi connectivity index (χ0n) is 15.7. The molecular weight excluding hydrogens is 361 g/mol. The van der Waals surface area contributed by atoms with E-state index in [9.17, 15) is 9.18 Å². The minimum absolute atomic E-state index is 0.0243. The summed E-state index contributed by atoms with van der Waals surface area (Å²) < 4.78 is 21.1. The van der Waals surface area contributed by atoms with Crippen LogP contribution >= 0.6 is 0 Å². The third kappa shape index (κ3) is 3.81. The van der Waals surface area contributed by atoms with E-state index >= 15 is 0 Å². The summed E-state index contributed by atoms with van der Waals surface area (Å²) in [6, 6.07) is 6.12. The lowest BCUT2D eigenvalue weighted by molar-refractivity contribution is -0.133. The number of halogens is 1. The number of amides is 1. The van der Waals surface area contributed by atoms with Crippen LogP contribution in [0.25, 0.3) is 11.5 Å². The molecular formula is C20H22FN5O2. The summed E-state index contributed by atoms with van der Waals surface area (Å²) in [6.45, 7) is 0.606. The van der Waals surface area contributed by atoms with Crippen LogP contribution in [-0.2, 0) is 18.3 Å². The Morgan fingerprint density at radius 2 is 2.14 bits per heavy atom. The van der Waals surface area contributed by atoms with Gasteiger partial charge >= 0.3 is 0 Å². The average molecular weight is 383 g/mol. The number of nitrogens with zero attached hydrogens (tertiary/aromatic N) is 5. The molecule has 1 unspecified atom stereocenters.